The van der Waals surface area contributed by atoms with Crippen molar-refractivity contribution in [1.82, 2.24) is 35.4 Å². The van der Waals surface area contributed by atoms with E-state index in [1.54, 1.807) is 42.8 Å². The van der Waals surface area contributed by atoms with Crippen LogP contribution in [0.25, 0.3) is 44.1 Å². The number of rotatable bonds is 11. The van der Waals surface area contributed by atoms with Crippen molar-refractivity contribution in [2.45, 2.75) is 90.1 Å². The van der Waals surface area contributed by atoms with E-state index in [0.717, 1.165) is 52.4 Å². The Labute approximate surface area is 394 Å². The van der Waals surface area contributed by atoms with E-state index in [0.29, 0.717) is 41.9 Å². The van der Waals surface area contributed by atoms with Crippen molar-refractivity contribution >= 4 is 86.2 Å². The van der Waals surface area contributed by atoms with Gasteiger partial charge in [-0.25, -0.2) is 14.6 Å². The van der Waals surface area contributed by atoms with Gasteiger partial charge in [-0.2, -0.15) is 40.5 Å². The summed E-state index contributed by atoms with van der Waals surface area (Å²) in [6.07, 6.45) is 3.43. The van der Waals surface area contributed by atoms with E-state index in [4.69, 9.17) is 19.2 Å². The van der Waals surface area contributed by atoms with Crippen molar-refractivity contribution in [2.75, 3.05) is 33.9 Å². The van der Waals surface area contributed by atoms with Gasteiger partial charge in [0.25, 0.3) is 0 Å². The van der Waals surface area contributed by atoms with Gasteiger partial charge in [0.15, 0.2) is 5.43 Å². The fourth-order valence-corrected chi connectivity index (χ4v) is 8.42. The molecule has 5 aromatic rings. The van der Waals surface area contributed by atoms with Crippen LogP contribution in [-0.2, 0) is 23.8 Å². The lowest BCUT2D eigenvalue weighted by molar-refractivity contribution is -0.136. The maximum absolute atomic E-state index is 13.8. The number of carbonyl (C=O) groups is 4. The number of methoxy groups -OCH3 is 2. The Bertz CT molecular complexity index is 2520. The zero-order chi connectivity index (χ0) is 43.6. The summed E-state index contributed by atoms with van der Waals surface area (Å²) in [5.41, 5.74) is 4.08. The fraction of sp³-hybridized carbons (Fsp3) is 0.435. The summed E-state index contributed by atoms with van der Waals surface area (Å²) >= 11 is 0. The highest BCUT2D eigenvalue weighted by atomic mass is 32.1. The molecule has 2 aromatic heterocycles. The number of H-pyrrole nitrogens is 2. The molecular weight excluding hydrogens is 875 g/mol. The van der Waals surface area contributed by atoms with Gasteiger partial charge in [-0.1, -0.05) is 44.2 Å². The van der Waals surface area contributed by atoms with Gasteiger partial charge < -0.3 is 44.6 Å². The topological polar surface area (TPSA) is 188 Å². The third-order valence-corrected chi connectivity index (χ3v) is 11.4. The van der Waals surface area contributed by atoms with E-state index in [-0.39, 0.29) is 82.3 Å². The summed E-state index contributed by atoms with van der Waals surface area (Å²) in [4.78, 5) is 80.7. The number of benzene rings is 3. The van der Waals surface area contributed by atoms with Crippen LogP contribution in [0.1, 0.15) is 83.9 Å². The van der Waals surface area contributed by atoms with Crippen molar-refractivity contribution in [3.05, 3.63) is 88.6 Å². The average Bonchev–Trinajstić information content (AvgIpc) is 4.02. The van der Waals surface area contributed by atoms with E-state index >= 15 is 0 Å². The van der Waals surface area contributed by atoms with E-state index in [1.807, 2.05) is 44.2 Å². The Balaban J connectivity index is 0.00000299. The number of fused-ring (bicyclic) bond motifs is 2. The summed E-state index contributed by atoms with van der Waals surface area (Å²) in [5, 5.41) is 7.95. The zero-order valence-electron chi connectivity index (χ0n) is 37.3. The second-order valence-electron chi connectivity index (χ2n) is 17.2. The van der Waals surface area contributed by atoms with Gasteiger partial charge >= 0.3 is 12.2 Å². The SMILES string of the molecule is COC[C@H](NC(=O)OC(C)(C)C)C(=O)N1CCCC1c1cc(=O)c2ccc(-c3ccc4cc(-c5cnc([C@@H]6CCCN6C(=O)[C@@H](NC(=O)OC)C(C)C)[nH]5)ccc4c3)cc2[nH]1.S.S.S. The van der Waals surface area contributed by atoms with Crippen LogP contribution >= 0.6 is 40.5 Å². The number of nitrogens with one attached hydrogen (secondary N) is 4. The maximum atomic E-state index is 13.8. The standard InChI is InChI=1S/C46H55N7O8.3H2S/c1-26(2)40(51-44(57)60-7)43(56)53-19-9-11-38(53)41-47-24-35(49-41)31-15-14-27-20-28(12-13-29(27)21-31)30-16-17-32-33(22-30)48-34(23-39(32)54)37-10-8-18-52(37)42(55)36(25-59-6)50-45(58)61-46(3,4)5;;;/h12-17,20-24,26,36-38,40H,8-11,18-19,25H2,1-7H3,(H,47,49)(H,48,54)(H,50,58)(H,51,57);3*1H2/t36-,37?,38-,40-;;;/m0.../s1. The minimum Gasteiger partial charge on any atom is -0.453 e. The fourth-order valence-electron chi connectivity index (χ4n) is 8.42. The highest BCUT2D eigenvalue weighted by Crippen LogP contribution is 2.35. The Kier molecular flexibility index (Phi) is 17.4. The number of carbonyl (C=O) groups excluding carboxylic acids is 4. The molecule has 1 unspecified atom stereocenters. The number of imidazole rings is 1. The van der Waals surface area contributed by atoms with E-state index in [1.165, 1.54) is 14.2 Å². The minimum atomic E-state index is -0.956. The lowest BCUT2D eigenvalue weighted by Crippen LogP contribution is -2.51. The van der Waals surface area contributed by atoms with E-state index in [2.05, 4.69) is 44.9 Å². The predicted octanol–water partition coefficient (Wildman–Crippen LogP) is 7.32. The van der Waals surface area contributed by atoms with Gasteiger partial charge in [0.1, 0.15) is 23.5 Å². The van der Waals surface area contributed by atoms with Crippen LogP contribution in [0.5, 0.6) is 0 Å². The number of hydrogen-bond acceptors (Lipinski definition) is 9. The van der Waals surface area contributed by atoms with Crippen LogP contribution in [-0.4, -0.2) is 100 Å². The van der Waals surface area contributed by atoms with Crippen molar-refractivity contribution in [1.29, 1.82) is 0 Å². The highest BCUT2D eigenvalue weighted by Gasteiger charge is 2.38. The molecule has 64 heavy (non-hydrogen) atoms. The Hall–Kier alpha value is -5.17. The highest BCUT2D eigenvalue weighted by molar-refractivity contribution is 7.59. The maximum Gasteiger partial charge on any atom is 0.408 e. The van der Waals surface area contributed by atoms with Crippen LogP contribution < -0.4 is 16.1 Å². The molecule has 0 bridgehead atoms. The molecule has 0 radical (unpaired) electrons. The lowest BCUT2D eigenvalue weighted by Gasteiger charge is -2.30. The number of aromatic amines is 2. The number of ether oxygens (including phenoxy) is 3. The minimum absolute atomic E-state index is 0. The average molecular weight is 936 g/mol. The van der Waals surface area contributed by atoms with E-state index in [9.17, 15) is 24.0 Å². The summed E-state index contributed by atoms with van der Waals surface area (Å²) in [7, 11) is 2.75. The molecule has 7 rings (SSSR count). The van der Waals surface area contributed by atoms with Crippen LogP contribution in [0.2, 0.25) is 0 Å². The number of pyridine rings is 1. The van der Waals surface area contributed by atoms with Crippen LogP contribution in [0.15, 0.2) is 71.7 Å². The molecule has 346 valence electrons. The summed E-state index contributed by atoms with van der Waals surface area (Å²) in [5.74, 6) is 0.111. The molecule has 3 aromatic carbocycles. The molecule has 4 amide bonds. The molecule has 2 fully saturated rings. The van der Waals surface area contributed by atoms with Gasteiger partial charge in [-0.05, 0) is 98.5 Å². The molecule has 0 aliphatic carbocycles. The molecule has 2 aliphatic heterocycles. The summed E-state index contributed by atoms with van der Waals surface area (Å²) < 4.78 is 15.5. The molecule has 2 aliphatic rings. The largest absolute Gasteiger partial charge is 0.453 e. The first-order chi connectivity index (χ1) is 29.1. The number of likely N-dealkylation sites (tertiary alicyclic amines) is 2. The molecule has 0 saturated carbocycles. The van der Waals surface area contributed by atoms with Gasteiger partial charge in [-0.15, -0.1) is 0 Å². The number of nitrogens with zero attached hydrogens (tertiary/aromatic N) is 3. The number of aromatic nitrogens is 3. The normalized spacial score (nSPS) is 16.9. The molecular formula is C46H61N7O8S3. The smallest absolute Gasteiger partial charge is 0.408 e. The second kappa shape index (κ2) is 21.7. The molecule has 4 heterocycles. The molecule has 0 spiro atoms. The number of alkyl carbamates (subject to hydrolysis) is 2. The first-order valence-corrected chi connectivity index (χ1v) is 20.8. The third kappa shape index (κ3) is 11.4. The first kappa shape index (κ1) is 51.5. The molecule has 15 nitrogen and oxygen atoms in total. The molecule has 2 saturated heterocycles. The second-order valence-corrected chi connectivity index (χ2v) is 17.2. The van der Waals surface area contributed by atoms with Crippen molar-refractivity contribution in [3.8, 4) is 22.4 Å². The van der Waals surface area contributed by atoms with Gasteiger partial charge in [0.2, 0.25) is 11.8 Å². The number of hydrogen-bond donors (Lipinski definition) is 4. The van der Waals surface area contributed by atoms with Gasteiger partial charge in [0.05, 0.1) is 43.2 Å². The molecule has 18 heteroatoms. The van der Waals surface area contributed by atoms with Crippen LogP contribution in [0.4, 0.5) is 9.59 Å². The quantitative estimate of drug-likeness (QED) is 0.105. The summed E-state index contributed by atoms with van der Waals surface area (Å²) in [6.45, 7) is 10.1. The molecule has 4 atom stereocenters. The van der Waals surface area contributed by atoms with Crippen LogP contribution in [0.3, 0.4) is 0 Å². The lowest BCUT2D eigenvalue weighted by atomic mass is 9.98. The predicted molar refractivity (Wildman–Crippen MR) is 263 cm³/mol. The Morgan fingerprint density at radius 1 is 0.781 bits per heavy atom. The monoisotopic (exact) mass is 935 g/mol. The third-order valence-electron chi connectivity index (χ3n) is 11.4. The van der Waals surface area contributed by atoms with E-state index < -0.39 is 29.9 Å². The van der Waals surface area contributed by atoms with Crippen molar-refractivity contribution < 1.29 is 33.4 Å². The van der Waals surface area contributed by atoms with Crippen molar-refractivity contribution in [3.63, 3.8) is 0 Å². The van der Waals surface area contributed by atoms with Crippen molar-refractivity contribution in [2.24, 2.45) is 5.92 Å². The first-order valence-electron chi connectivity index (χ1n) is 20.8. The molecule has 4 N–H and O–H groups in total. The van der Waals surface area contributed by atoms with Gasteiger partial charge in [0, 0.05) is 42.9 Å². The van der Waals surface area contributed by atoms with Gasteiger partial charge in [-0.3, -0.25) is 14.4 Å². The number of amides is 4. The summed E-state index contributed by atoms with van der Waals surface area (Å²) in [6, 6.07) is 17.4. The zero-order valence-corrected chi connectivity index (χ0v) is 40.3. The Morgan fingerprint density at radius 2 is 1.39 bits per heavy atom. The van der Waals surface area contributed by atoms with Crippen LogP contribution in [0, 0.1) is 5.92 Å². The Morgan fingerprint density at radius 3 is 2.03 bits per heavy atom.